The van der Waals surface area contributed by atoms with E-state index in [4.69, 9.17) is 0 Å². The number of unbranched alkanes of at least 4 members (excludes halogenated alkanes) is 6. The average Bonchev–Trinajstić information content (AvgIpc) is 2.87. The van der Waals surface area contributed by atoms with Gasteiger partial charge in [-0.2, -0.15) is 15.5 Å². The Morgan fingerprint density at radius 2 is 1.38 bits per heavy atom. The molecule has 0 amide bonds. The number of rotatable bonds is 17. The largest absolute Gasteiger partial charge is 0.197 e. The number of benzene rings is 2. The molecule has 0 spiro atoms. The van der Waals surface area contributed by atoms with Crippen molar-refractivity contribution in [3.63, 3.8) is 0 Å². The van der Waals surface area contributed by atoms with Gasteiger partial charge in [0, 0.05) is 7.05 Å². The van der Waals surface area contributed by atoms with Crippen LogP contribution in [0.5, 0.6) is 0 Å². The Balaban J connectivity index is 0.00000578. The molecular weight excluding hydrogens is 438 g/mol. The molecule has 4 heteroatoms. The number of hydrogen-bond acceptors (Lipinski definition) is 3. The lowest BCUT2D eigenvalue weighted by atomic mass is 9.73. The van der Waals surface area contributed by atoms with E-state index in [2.05, 4.69) is 77.8 Å². The lowest BCUT2D eigenvalue weighted by Gasteiger charge is -2.28. The fourth-order valence-corrected chi connectivity index (χ4v) is 4.77. The first-order chi connectivity index (χ1) is 16.2. The van der Waals surface area contributed by atoms with Crippen molar-refractivity contribution in [1.82, 2.24) is 0 Å². The maximum absolute atomic E-state index is 10.3. The molecule has 186 valence electrons. The molecule has 2 rings (SSSR count). The van der Waals surface area contributed by atoms with Gasteiger partial charge in [-0.15, -0.1) is 12.4 Å². The Hall–Kier alpha value is -2.18. The van der Waals surface area contributed by atoms with Gasteiger partial charge in [0.1, 0.15) is 0 Å². The molecule has 0 aliphatic carbocycles. The number of nitrogens with zero attached hydrogens (tertiary/aromatic N) is 3. The van der Waals surface area contributed by atoms with E-state index < -0.39 is 5.41 Å². The van der Waals surface area contributed by atoms with E-state index in [1.165, 1.54) is 49.7 Å². The van der Waals surface area contributed by atoms with Crippen molar-refractivity contribution in [2.24, 2.45) is 10.2 Å². The third-order valence-electron chi connectivity index (χ3n) is 6.78. The minimum atomic E-state index is -0.391. The third-order valence-corrected chi connectivity index (χ3v) is 6.78. The van der Waals surface area contributed by atoms with Gasteiger partial charge in [0.15, 0.2) is 0 Å². The van der Waals surface area contributed by atoms with E-state index in [0.29, 0.717) is 0 Å². The van der Waals surface area contributed by atoms with Crippen LogP contribution in [0.1, 0.15) is 95.1 Å². The first kappa shape index (κ1) is 29.9. The predicted octanol–water partition coefficient (Wildman–Crippen LogP) is 9.26. The third kappa shape index (κ3) is 10.8. The molecule has 0 N–H and O–H groups in total. The van der Waals surface area contributed by atoms with Crippen LogP contribution in [0.2, 0.25) is 0 Å². The van der Waals surface area contributed by atoms with Crippen molar-refractivity contribution >= 4 is 12.4 Å². The Bertz CT molecular complexity index is 816. The molecule has 0 saturated carbocycles. The number of nitriles is 1. The monoisotopic (exact) mass is 481 g/mol. The minimum absolute atomic E-state index is 0. The summed E-state index contributed by atoms with van der Waals surface area (Å²) in [7, 11) is 1.76. The van der Waals surface area contributed by atoms with Crippen molar-refractivity contribution < 1.29 is 0 Å². The topological polar surface area (TPSA) is 48.5 Å². The fourth-order valence-electron chi connectivity index (χ4n) is 4.77. The fraction of sp³-hybridized carbons (Fsp3) is 0.567. The number of aryl methyl sites for hydroxylation is 1. The molecule has 2 atom stereocenters. The van der Waals surface area contributed by atoms with Crippen LogP contribution in [-0.2, 0) is 11.8 Å². The molecule has 2 aromatic rings. The van der Waals surface area contributed by atoms with Crippen molar-refractivity contribution in [3.8, 4) is 6.07 Å². The molecule has 0 fully saturated rings. The van der Waals surface area contributed by atoms with E-state index in [0.717, 1.165) is 44.9 Å². The summed E-state index contributed by atoms with van der Waals surface area (Å²) in [6, 6.07) is 24.0. The number of hydrogen-bond donors (Lipinski definition) is 0. The molecular formula is C30H44ClN3. The average molecular weight is 482 g/mol. The van der Waals surface area contributed by atoms with Gasteiger partial charge in [-0.05, 0) is 49.7 Å². The summed E-state index contributed by atoms with van der Waals surface area (Å²) in [5, 5.41) is 18.9. The lowest BCUT2D eigenvalue weighted by molar-refractivity contribution is 0.400. The summed E-state index contributed by atoms with van der Waals surface area (Å²) in [6.07, 6.45) is 14.8. The smallest absolute Gasteiger partial charge is 0.0822 e. The zero-order valence-electron chi connectivity index (χ0n) is 21.3. The van der Waals surface area contributed by atoms with E-state index in [9.17, 15) is 5.26 Å². The van der Waals surface area contributed by atoms with Crippen LogP contribution >= 0.6 is 12.4 Å². The van der Waals surface area contributed by atoms with Crippen molar-refractivity contribution in [2.45, 2.75) is 102 Å². The first-order valence-corrected chi connectivity index (χ1v) is 13.0. The molecule has 0 bridgehead atoms. The van der Waals surface area contributed by atoms with E-state index in [1.807, 2.05) is 6.07 Å². The molecule has 0 aliphatic heterocycles. The Morgan fingerprint density at radius 3 is 2.00 bits per heavy atom. The molecule has 2 aromatic carbocycles. The van der Waals surface area contributed by atoms with E-state index in [1.54, 1.807) is 7.05 Å². The Morgan fingerprint density at radius 1 is 0.794 bits per heavy atom. The molecule has 0 radical (unpaired) electrons. The quantitative estimate of drug-likeness (QED) is 0.164. The number of azo groups is 1. The molecule has 0 heterocycles. The van der Waals surface area contributed by atoms with Crippen molar-refractivity contribution in [2.75, 3.05) is 7.05 Å². The van der Waals surface area contributed by atoms with Crippen LogP contribution in [0.15, 0.2) is 70.9 Å². The maximum atomic E-state index is 10.3. The molecule has 2 unspecified atom stereocenters. The molecule has 0 aromatic heterocycles. The molecule has 34 heavy (non-hydrogen) atoms. The van der Waals surface area contributed by atoms with E-state index in [-0.39, 0.29) is 18.4 Å². The molecule has 0 saturated heterocycles. The number of halogens is 1. The summed E-state index contributed by atoms with van der Waals surface area (Å²) in [6.45, 7) is 2.26. The maximum Gasteiger partial charge on any atom is 0.0822 e. The Kier molecular flexibility index (Phi) is 16.0. The van der Waals surface area contributed by atoms with Gasteiger partial charge in [-0.3, -0.25) is 0 Å². The highest BCUT2D eigenvalue weighted by Gasteiger charge is 2.31. The van der Waals surface area contributed by atoms with Gasteiger partial charge in [0.05, 0.1) is 17.5 Å². The minimum Gasteiger partial charge on any atom is -0.197 e. The van der Waals surface area contributed by atoms with Gasteiger partial charge < -0.3 is 0 Å². The van der Waals surface area contributed by atoms with Crippen LogP contribution in [0.4, 0.5) is 0 Å². The second kappa shape index (κ2) is 18.2. The highest BCUT2D eigenvalue weighted by atomic mass is 35.5. The van der Waals surface area contributed by atoms with Gasteiger partial charge in [0.2, 0.25) is 0 Å². The summed E-state index contributed by atoms with van der Waals surface area (Å²) in [4.78, 5) is 0. The highest BCUT2D eigenvalue weighted by Crippen LogP contribution is 2.35. The zero-order valence-corrected chi connectivity index (χ0v) is 22.1. The summed E-state index contributed by atoms with van der Waals surface area (Å²) in [5.41, 5.74) is 2.14. The second-order valence-electron chi connectivity index (χ2n) is 9.32. The van der Waals surface area contributed by atoms with Crippen molar-refractivity contribution in [1.29, 1.82) is 5.26 Å². The van der Waals surface area contributed by atoms with Crippen LogP contribution in [-0.4, -0.2) is 13.1 Å². The second-order valence-corrected chi connectivity index (χ2v) is 9.32. The normalized spacial score (nSPS) is 13.7. The van der Waals surface area contributed by atoms with Gasteiger partial charge >= 0.3 is 0 Å². The SMILES string of the molecule is CCCCCCCCCC(C#N)(CCCC(CCc1ccccc1)/N=N/C)c1ccccc1.Cl. The van der Waals surface area contributed by atoms with Crippen LogP contribution < -0.4 is 0 Å². The Labute approximate surface area is 214 Å². The zero-order chi connectivity index (χ0) is 23.6. The summed E-state index contributed by atoms with van der Waals surface area (Å²) >= 11 is 0. The first-order valence-electron chi connectivity index (χ1n) is 13.0. The summed E-state index contributed by atoms with van der Waals surface area (Å²) in [5.74, 6) is 0. The highest BCUT2D eigenvalue weighted by molar-refractivity contribution is 5.85. The van der Waals surface area contributed by atoms with Gasteiger partial charge in [-0.25, -0.2) is 0 Å². The van der Waals surface area contributed by atoms with Crippen LogP contribution in [0.25, 0.3) is 0 Å². The standard InChI is InChI=1S/C30H43N3.ClH/c1-3-4-5-6-7-8-15-24-30(26-31,28-19-13-10-14-20-28)25-16-21-29(33-32-2)23-22-27-17-11-9-12-18-27;/h9-14,17-20,29H,3-8,15-16,21-25H2,1-2H3;1H/b33-32+;. The lowest BCUT2D eigenvalue weighted by Crippen LogP contribution is -2.25. The van der Waals surface area contributed by atoms with Crippen molar-refractivity contribution in [3.05, 3.63) is 71.8 Å². The van der Waals surface area contributed by atoms with Gasteiger partial charge in [-0.1, -0.05) is 113 Å². The molecule has 3 nitrogen and oxygen atoms in total. The predicted molar refractivity (Wildman–Crippen MR) is 147 cm³/mol. The van der Waals surface area contributed by atoms with Crippen LogP contribution in [0, 0.1) is 11.3 Å². The van der Waals surface area contributed by atoms with Crippen LogP contribution in [0.3, 0.4) is 0 Å². The molecule has 0 aliphatic rings. The van der Waals surface area contributed by atoms with Gasteiger partial charge in [0.25, 0.3) is 0 Å². The van der Waals surface area contributed by atoms with E-state index >= 15 is 0 Å². The summed E-state index contributed by atoms with van der Waals surface area (Å²) < 4.78 is 0.